The van der Waals surface area contributed by atoms with Crippen LogP contribution in [0.2, 0.25) is 0 Å². The molecule has 1 heterocycles. The molecule has 1 saturated carbocycles. The molecule has 0 aromatic carbocycles. The second-order valence-corrected chi connectivity index (χ2v) is 5.72. The van der Waals surface area contributed by atoms with Crippen LogP contribution in [-0.2, 0) is 4.79 Å². The Labute approximate surface area is 124 Å². The van der Waals surface area contributed by atoms with Crippen LogP contribution < -0.4 is 4.90 Å². The first kappa shape index (κ1) is 15.2. The number of carboxylic acids is 1. The van der Waals surface area contributed by atoms with Gasteiger partial charge in [-0.25, -0.2) is 9.97 Å². The minimum Gasteiger partial charge on any atom is -0.481 e. The van der Waals surface area contributed by atoms with Crippen LogP contribution in [0.5, 0.6) is 0 Å². The van der Waals surface area contributed by atoms with Gasteiger partial charge in [-0.05, 0) is 25.8 Å². The number of hydrogen-bond donors (Lipinski definition) is 1. The number of nitrogens with zero attached hydrogens (tertiary/aromatic N) is 4. The Morgan fingerprint density at radius 1 is 1.43 bits per heavy atom. The van der Waals surface area contributed by atoms with E-state index >= 15 is 0 Å². The van der Waals surface area contributed by atoms with Gasteiger partial charge in [0.05, 0.1) is 12.0 Å². The summed E-state index contributed by atoms with van der Waals surface area (Å²) in [5, 5.41) is 18.3. The zero-order valence-corrected chi connectivity index (χ0v) is 12.5. The predicted molar refractivity (Wildman–Crippen MR) is 78.0 cm³/mol. The number of hydrogen-bond acceptors (Lipinski definition) is 5. The molecule has 0 amide bonds. The molecule has 0 bridgehead atoms. The molecule has 1 aliphatic carbocycles. The summed E-state index contributed by atoms with van der Waals surface area (Å²) in [5.41, 5.74) is 0.570. The Balaban J connectivity index is 2.38. The Bertz CT molecular complexity index is 574. The summed E-state index contributed by atoms with van der Waals surface area (Å²) in [6.07, 6.45) is 4.85. The summed E-state index contributed by atoms with van der Waals surface area (Å²) < 4.78 is 0. The van der Waals surface area contributed by atoms with E-state index in [9.17, 15) is 9.90 Å². The molecule has 1 aromatic heterocycles. The zero-order valence-electron chi connectivity index (χ0n) is 12.5. The quantitative estimate of drug-likeness (QED) is 0.914. The van der Waals surface area contributed by atoms with Crippen LogP contribution in [-0.4, -0.2) is 33.6 Å². The Hall–Kier alpha value is -2.16. The fourth-order valence-electron chi connectivity index (χ4n) is 3.09. The zero-order chi connectivity index (χ0) is 15.5. The molecule has 0 aliphatic heterocycles. The van der Waals surface area contributed by atoms with Crippen LogP contribution in [0.4, 0.5) is 5.95 Å². The molecule has 21 heavy (non-hydrogen) atoms. The third kappa shape index (κ3) is 3.30. The summed E-state index contributed by atoms with van der Waals surface area (Å²) in [6.45, 7) is 1.81. The van der Waals surface area contributed by atoms with Crippen LogP contribution in [0, 0.1) is 18.3 Å². The van der Waals surface area contributed by atoms with Gasteiger partial charge in [0.1, 0.15) is 11.8 Å². The molecule has 6 heteroatoms. The smallest absolute Gasteiger partial charge is 0.305 e. The summed E-state index contributed by atoms with van der Waals surface area (Å²) in [5.74, 6) is -0.369. The van der Waals surface area contributed by atoms with E-state index in [-0.39, 0.29) is 6.42 Å². The van der Waals surface area contributed by atoms with Crippen molar-refractivity contribution in [3.63, 3.8) is 0 Å². The van der Waals surface area contributed by atoms with Crippen LogP contribution >= 0.6 is 0 Å². The van der Waals surface area contributed by atoms with E-state index in [1.54, 1.807) is 6.07 Å². The van der Waals surface area contributed by atoms with Gasteiger partial charge < -0.3 is 10.0 Å². The van der Waals surface area contributed by atoms with Crippen LogP contribution in [0.1, 0.15) is 49.9 Å². The van der Waals surface area contributed by atoms with Crippen molar-refractivity contribution >= 4 is 11.9 Å². The molecular weight excluding hydrogens is 268 g/mol. The average Bonchev–Trinajstić information content (AvgIpc) is 2.46. The Kier molecular flexibility index (Phi) is 4.41. The third-order valence-corrected chi connectivity index (χ3v) is 4.23. The van der Waals surface area contributed by atoms with Gasteiger partial charge in [0.15, 0.2) is 0 Å². The van der Waals surface area contributed by atoms with Crippen molar-refractivity contribution in [1.82, 2.24) is 9.97 Å². The van der Waals surface area contributed by atoms with Crippen molar-refractivity contribution in [2.24, 2.45) is 0 Å². The molecule has 1 fully saturated rings. The Morgan fingerprint density at radius 2 is 2.10 bits per heavy atom. The minimum atomic E-state index is -0.808. The molecule has 0 unspecified atom stereocenters. The van der Waals surface area contributed by atoms with Gasteiger partial charge in [0.25, 0.3) is 0 Å². The first-order valence-corrected chi connectivity index (χ1v) is 7.18. The molecule has 112 valence electrons. The van der Waals surface area contributed by atoms with E-state index in [4.69, 9.17) is 5.26 Å². The van der Waals surface area contributed by atoms with E-state index in [0.717, 1.165) is 32.1 Å². The van der Waals surface area contributed by atoms with Crippen LogP contribution in [0.15, 0.2) is 6.07 Å². The van der Waals surface area contributed by atoms with Crippen LogP contribution in [0.3, 0.4) is 0 Å². The largest absolute Gasteiger partial charge is 0.481 e. The van der Waals surface area contributed by atoms with E-state index in [2.05, 4.69) is 9.97 Å². The topological polar surface area (TPSA) is 90.1 Å². The van der Waals surface area contributed by atoms with Gasteiger partial charge in [0, 0.05) is 12.7 Å². The lowest BCUT2D eigenvalue weighted by molar-refractivity contribution is -0.138. The first-order chi connectivity index (χ1) is 9.97. The highest BCUT2D eigenvalue weighted by atomic mass is 16.4. The number of carboxylic acid groups (broad SMARTS) is 1. The highest BCUT2D eigenvalue weighted by molar-refractivity contribution is 5.69. The predicted octanol–water partition coefficient (Wildman–Crippen LogP) is 2.27. The van der Waals surface area contributed by atoms with Crippen molar-refractivity contribution in [3.05, 3.63) is 17.5 Å². The minimum absolute atomic E-state index is 0.0721. The second-order valence-electron chi connectivity index (χ2n) is 5.72. The number of rotatable bonds is 4. The highest BCUT2D eigenvalue weighted by Crippen LogP contribution is 2.37. The summed E-state index contributed by atoms with van der Waals surface area (Å²) >= 11 is 0. The fourth-order valence-corrected chi connectivity index (χ4v) is 3.09. The van der Waals surface area contributed by atoms with Crippen molar-refractivity contribution in [2.45, 2.75) is 51.0 Å². The highest BCUT2D eigenvalue weighted by Gasteiger charge is 2.39. The lowest BCUT2D eigenvalue weighted by Crippen LogP contribution is -2.50. The van der Waals surface area contributed by atoms with E-state index in [1.807, 2.05) is 24.9 Å². The van der Waals surface area contributed by atoms with E-state index in [1.165, 1.54) is 0 Å². The monoisotopic (exact) mass is 288 g/mol. The average molecular weight is 288 g/mol. The maximum absolute atomic E-state index is 11.3. The SMILES string of the molecule is Cc1cc(C#N)nc(N(C)C2(CC(=O)O)CCCCC2)n1. The normalized spacial score (nSPS) is 17.0. The third-order valence-electron chi connectivity index (χ3n) is 4.23. The molecule has 6 nitrogen and oxygen atoms in total. The number of carbonyl (C=O) groups is 1. The maximum Gasteiger partial charge on any atom is 0.305 e. The van der Waals surface area contributed by atoms with Crippen molar-refractivity contribution in [3.8, 4) is 6.07 Å². The summed E-state index contributed by atoms with van der Waals surface area (Å²) in [4.78, 5) is 21.8. The standard InChI is InChI=1S/C15H20N4O2/c1-11-8-12(10-16)18-14(17-11)19(2)15(9-13(20)21)6-4-3-5-7-15/h8H,3-7,9H2,1-2H3,(H,20,21). The number of nitriles is 1. The second kappa shape index (κ2) is 6.08. The molecule has 0 spiro atoms. The molecule has 2 rings (SSSR count). The number of anilines is 1. The fraction of sp³-hybridized carbons (Fsp3) is 0.600. The molecule has 0 saturated heterocycles. The number of aryl methyl sites for hydroxylation is 1. The molecular formula is C15H20N4O2. The van der Waals surface area contributed by atoms with Crippen molar-refractivity contribution < 1.29 is 9.90 Å². The molecule has 0 atom stereocenters. The van der Waals surface area contributed by atoms with Crippen molar-refractivity contribution in [2.75, 3.05) is 11.9 Å². The molecule has 1 aromatic rings. The van der Waals surface area contributed by atoms with Gasteiger partial charge >= 0.3 is 5.97 Å². The molecule has 1 N–H and O–H groups in total. The van der Waals surface area contributed by atoms with Crippen LogP contribution in [0.25, 0.3) is 0 Å². The Morgan fingerprint density at radius 3 is 2.67 bits per heavy atom. The molecule has 1 aliphatic rings. The lowest BCUT2D eigenvalue weighted by Gasteiger charge is -2.43. The summed E-state index contributed by atoms with van der Waals surface area (Å²) in [7, 11) is 1.84. The van der Waals surface area contributed by atoms with E-state index < -0.39 is 11.5 Å². The van der Waals surface area contributed by atoms with Gasteiger partial charge in [0.2, 0.25) is 5.95 Å². The van der Waals surface area contributed by atoms with Gasteiger partial charge in [-0.15, -0.1) is 0 Å². The van der Waals surface area contributed by atoms with E-state index in [0.29, 0.717) is 17.3 Å². The summed E-state index contributed by atoms with van der Waals surface area (Å²) in [6, 6.07) is 3.65. The first-order valence-electron chi connectivity index (χ1n) is 7.18. The van der Waals surface area contributed by atoms with Gasteiger partial charge in [-0.3, -0.25) is 4.79 Å². The number of aliphatic carboxylic acids is 1. The van der Waals surface area contributed by atoms with Gasteiger partial charge in [-0.1, -0.05) is 19.3 Å². The maximum atomic E-state index is 11.3. The molecule has 0 radical (unpaired) electrons. The lowest BCUT2D eigenvalue weighted by atomic mass is 9.78. The van der Waals surface area contributed by atoms with Gasteiger partial charge in [-0.2, -0.15) is 5.26 Å². The van der Waals surface area contributed by atoms with Crippen molar-refractivity contribution in [1.29, 1.82) is 5.26 Å². The number of aromatic nitrogens is 2.